The van der Waals surface area contributed by atoms with Crippen molar-refractivity contribution >= 4 is 5.91 Å². The Bertz CT molecular complexity index is 605. The van der Waals surface area contributed by atoms with Crippen LogP contribution in [0.1, 0.15) is 41.2 Å². The van der Waals surface area contributed by atoms with Gasteiger partial charge in [0.05, 0.1) is 6.61 Å². The van der Waals surface area contributed by atoms with E-state index in [1.807, 2.05) is 24.3 Å². The molecule has 2 aromatic rings. The van der Waals surface area contributed by atoms with Crippen molar-refractivity contribution in [2.45, 2.75) is 33.4 Å². The van der Waals surface area contributed by atoms with Crippen LogP contribution in [-0.4, -0.2) is 21.2 Å². The summed E-state index contributed by atoms with van der Waals surface area (Å²) >= 11 is 0. The third-order valence-electron chi connectivity index (χ3n) is 3.22. The van der Waals surface area contributed by atoms with Crippen molar-refractivity contribution in [3.63, 3.8) is 0 Å². The van der Waals surface area contributed by atoms with Gasteiger partial charge in [-0.25, -0.2) is 0 Å². The molecule has 112 valence electrons. The molecular weight excluding hydrogens is 266 g/mol. The van der Waals surface area contributed by atoms with Gasteiger partial charge >= 0.3 is 0 Å². The normalized spacial score (nSPS) is 10.9. The van der Waals surface area contributed by atoms with Crippen LogP contribution in [0.3, 0.4) is 0 Å². The number of carbonyl (C=O) groups is 1. The summed E-state index contributed by atoms with van der Waals surface area (Å²) in [6, 6.07) is 9.27. The lowest BCUT2D eigenvalue weighted by Crippen LogP contribution is -2.23. The molecule has 1 aromatic heterocycles. The minimum atomic E-state index is -0.214. The molecule has 0 spiro atoms. The highest BCUT2D eigenvalue weighted by Crippen LogP contribution is 2.09. The van der Waals surface area contributed by atoms with Crippen LogP contribution in [0.2, 0.25) is 0 Å². The van der Waals surface area contributed by atoms with Crippen LogP contribution in [0.4, 0.5) is 0 Å². The Morgan fingerprint density at radius 2 is 2.05 bits per heavy atom. The molecule has 0 unspecified atom stereocenters. The molecule has 0 aliphatic heterocycles. The van der Waals surface area contributed by atoms with Crippen molar-refractivity contribution in [3.8, 4) is 0 Å². The van der Waals surface area contributed by atoms with Crippen molar-refractivity contribution in [1.29, 1.82) is 0 Å². The second-order valence-electron chi connectivity index (χ2n) is 5.49. The Labute approximate surface area is 124 Å². The summed E-state index contributed by atoms with van der Waals surface area (Å²) in [4.78, 5) is 12.1. The van der Waals surface area contributed by atoms with Gasteiger partial charge in [0.25, 0.3) is 5.91 Å². The lowest BCUT2D eigenvalue weighted by Gasteiger charge is -2.07. The van der Waals surface area contributed by atoms with Crippen molar-refractivity contribution in [2.75, 3.05) is 0 Å². The number of hydrogen-bond donors (Lipinski definition) is 3. The Kier molecular flexibility index (Phi) is 5.11. The number of benzene rings is 1. The lowest BCUT2D eigenvalue weighted by atomic mass is 10.1. The van der Waals surface area contributed by atoms with E-state index in [4.69, 9.17) is 0 Å². The van der Waals surface area contributed by atoms with Gasteiger partial charge < -0.3 is 10.4 Å². The maximum absolute atomic E-state index is 12.1. The van der Waals surface area contributed by atoms with Gasteiger partial charge in [-0.1, -0.05) is 38.1 Å². The maximum Gasteiger partial charge on any atom is 0.272 e. The van der Waals surface area contributed by atoms with E-state index in [1.54, 1.807) is 6.07 Å². The number of aromatic amines is 1. The van der Waals surface area contributed by atoms with E-state index in [2.05, 4.69) is 29.4 Å². The number of rotatable bonds is 6. The van der Waals surface area contributed by atoms with Gasteiger partial charge in [0.15, 0.2) is 0 Å². The predicted molar refractivity (Wildman–Crippen MR) is 80.7 cm³/mol. The molecule has 0 atom stereocenters. The van der Waals surface area contributed by atoms with Gasteiger partial charge in [0.1, 0.15) is 5.69 Å². The van der Waals surface area contributed by atoms with Crippen LogP contribution in [0.15, 0.2) is 30.3 Å². The molecule has 0 bridgehead atoms. The summed E-state index contributed by atoms with van der Waals surface area (Å²) in [6.07, 6.45) is 0.869. The number of hydrogen-bond acceptors (Lipinski definition) is 3. The summed E-state index contributed by atoms with van der Waals surface area (Å²) < 4.78 is 0. The molecule has 21 heavy (non-hydrogen) atoms. The Balaban J connectivity index is 1.97. The molecule has 3 N–H and O–H groups in total. The monoisotopic (exact) mass is 287 g/mol. The van der Waals surface area contributed by atoms with Crippen LogP contribution in [-0.2, 0) is 19.6 Å². The van der Waals surface area contributed by atoms with Gasteiger partial charge in [-0.05, 0) is 29.5 Å². The molecule has 1 amide bonds. The molecule has 0 saturated carbocycles. The summed E-state index contributed by atoms with van der Waals surface area (Å²) in [5.41, 5.74) is 3.09. The third kappa shape index (κ3) is 4.16. The van der Waals surface area contributed by atoms with Gasteiger partial charge in [-0.15, -0.1) is 0 Å². The first-order valence-corrected chi connectivity index (χ1v) is 7.10. The molecule has 1 aromatic carbocycles. The highest BCUT2D eigenvalue weighted by Gasteiger charge is 2.11. The van der Waals surface area contributed by atoms with Crippen molar-refractivity contribution < 1.29 is 9.90 Å². The van der Waals surface area contributed by atoms with Crippen molar-refractivity contribution in [1.82, 2.24) is 15.5 Å². The first-order valence-electron chi connectivity index (χ1n) is 7.10. The van der Waals surface area contributed by atoms with Gasteiger partial charge in [-0.2, -0.15) is 5.10 Å². The summed E-state index contributed by atoms with van der Waals surface area (Å²) in [5, 5.41) is 19.0. The van der Waals surface area contributed by atoms with E-state index in [-0.39, 0.29) is 12.5 Å². The number of nitrogens with zero attached hydrogens (tertiary/aromatic N) is 1. The molecule has 0 saturated heterocycles. The second kappa shape index (κ2) is 7.04. The molecule has 0 radical (unpaired) electrons. The highest BCUT2D eigenvalue weighted by molar-refractivity contribution is 5.92. The fourth-order valence-electron chi connectivity index (χ4n) is 2.17. The molecule has 1 heterocycles. The number of carbonyl (C=O) groups excluding carboxylic acids is 1. The summed E-state index contributed by atoms with van der Waals surface area (Å²) in [5.74, 6) is 0.298. The highest BCUT2D eigenvalue weighted by atomic mass is 16.3. The quantitative estimate of drug-likeness (QED) is 0.760. The minimum absolute atomic E-state index is 0.0347. The molecule has 0 fully saturated rings. The zero-order valence-corrected chi connectivity index (χ0v) is 12.4. The lowest BCUT2D eigenvalue weighted by molar-refractivity contribution is 0.0945. The summed E-state index contributed by atoms with van der Waals surface area (Å²) in [7, 11) is 0. The fourth-order valence-corrected chi connectivity index (χ4v) is 2.17. The van der Waals surface area contributed by atoms with E-state index in [0.717, 1.165) is 23.2 Å². The third-order valence-corrected chi connectivity index (χ3v) is 3.22. The number of aromatic nitrogens is 2. The zero-order valence-electron chi connectivity index (χ0n) is 12.4. The second-order valence-corrected chi connectivity index (χ2v) is 5.49. The maximum atomic E-state index is 12.1. The van der Waals surface area contributed by atoms with Crippen LogP contribution in [0.5, 0.6) is 0 Å². The smallest absolute Gasteiger partial charge is 0.272 e. The van der Waals surface area contributed by atoms with Crippen LogP contribution >= 0.6 is 0 Å². The van der Waals surface area contributed by atoms with Crippen LogP contribution in [0, 0.1) is 5.92 Å². The standard InChI is InChI=1S/C16H21N3O2/c1-11(2)7-14-8-15(19-18-14)16(21)17-9-12-5-3-4-6-13(12)10-20/h3-6,8,11,20H,7,9-10H2,1-2H3,(H,17,21)(H,18,19). The first kappa shape index (κ1) is 15.3. The van der Waals surface area contributed by atoms with E-state index >= 15 is 0 Å². The zero-order chi connectivity index (χ0) is 15.2. The molecular formula is C16H21N3O2. The number of aliphatic hydroxyl groups is 1. The topological polar surface area (TPSA) is 78.0 Å². The number of amides is 1. The van der Waals surface area contributed by atoms with E-state index in [1.165, 1.54) is 0 Å². The van der Waals surface area contributed by atoms with Gasteiger partial charge in [0.2, 0.25) is 0 Å². The van der Waals surface area contributed by atoms with E-state index < -0.39 is 0 Å². The summed E-state index contributed by atoms with van der Waals surface area (Å²) in [6.45, 7) is 4.58. The number of aliphatic hydroxyl groups excluding tert-OH is 1. The predicted octanol–water partition coefficient (Wildman–Crippen LogP) is 2.03. The average Bonchev–Trinajstić information content (AvgIpc) is 2.92. The first-order chi connectivity index (χ1) is 10.1. The average molecular weight is 287 g/mol. The van der Waals surface area contributed by atoms with Gasteiger partial charge in [0, 0.05) is 12.2 Å². The largest absolute Gasteiger partial charge is 0.392 e. The number of H-pyrrole nitrogens is 1. The molecule has 5 heteroatoms. The minimum Gasteiger partial charge on any atom is -0.392 e. The van der Waals surface area contributed by atoms with E-state index in [0.29, 0.717) is 18.2 Å². The van der Waals surface area contributed by atoms with Crippen molar-refractivity contribution in [2.24, 2.45) is 5.92 Å². The molecule has 2 rings (SSSR count). The molecule has 0 aliphatic rings. The van der Waals surface area contributed by atoms with Gasteiger partial charge in [-0.3, -0.25) is 9.89 Å². The van der Waals surface area contributed by atoms with Crippen molar-refractivity contribution in [3.05, 3.63) is 52.8 Å². The molecule has 5 nitrogen and oxygen atoms in total. The Morgan fingerprint density at radius 1 is 1.33 bits per heavy atom. The van der Waals surface area contributed by atoms with Crippen LogP contribution in [0.25, 0.3) is 0 Å². The Hall–Kier alpha value is -2.14. The fraction of sp³-hybridized carbons (Fsp3) is 0.375. The Morgan fingerprint density at radius 3 is 2.71 bits per heavy atom. The van der Waals surface area contributed by atoms with Crippen LogP contribution < -0.4 is 5.32 Å². The molecule has 0 aliphatic carbocycles. The number of nitrogens with one attached hydrogen (secondary N) is 2. The van der Waals surface area contributed by atoms with E-state index in [9.17, 15) is 9.90 Å². The SMILES string of the molecule is CC(C)Cc1cc(C(=O)NCc2ccccc2CO)n[nH]1.